The molecule has 0 atom stereocenters. The molecule has 0 aliphatic heterocycles. The lowest BCUT2D eigenvalue weighted by Crippen LogP contribution is -2.14. The maximum atomic E-state index is 13.6. The third-order valence-electron chi connectivity index (χ3n) is 2.53. The number of non-ortho nitro benzene ring substituents is 1. The van der Waals surface area contributed by atoms with E-state index in [1.54, 1.807) is 6.07 Å². The van der Waals surface area contributed by atoms with Crippen molar-refractivity contribution in [2.24, 2.45) is 0 Å². The van der Waals surface area contributed by atoms with E-state index in [4.69, 9.17) is 0 Å². The quantitative estimate of drug-likeness (QED) is 0.684. The van der Waals surface area contributed by atoms with Gasteiger partial charge in [0.15, 0.2) is 0 Å². The van der Waals surface area contributed by atoms with Crippen LogP contribution in [0.4, 0.5) is 15.8 Å². The minimum Gasteiger partial charge on any atom is -0.322 e. The van der Waals surface area contributed by atoms with Crippen molar-refractivity contribution in [2.75, 3.05) is 5.32 Å². The van der Waals surface area contributed by atoms with E-state index < -0.39 is 16.6 Å². The van der Waals surface area contributed by atoms with Crippen LogP contribution in [-0.4, -0.2) is 10.8 Å². The molecule has 0 radical (unpaired) electrons. The van der Waals surface area contributed by atoms with Crippen molar-refractivity contribution < 1.29 is 14.1 Å². The molecule has 1 N–H and O–H groups in total. The summed E-state index contributed by atoms with van der Waals surface area (Å²) in [6.07, 6.45) is 0. The third kappa shape index (κ3) is 3.00. The first-order valence-electron chi connectivity index (χ1n) is 5.49. The van der Waals surface area contributed by atoms with Crippen molar-refractivity contribution in [1.29, 1.82) is 0 Å². The molecule has 7 heteroatoms. The molecule has 0 saturated heterocycles. The SMILES string of the molecule is O=C(Nc1ccc([N+](=O)[O-])cc1)c1c(F)cccc1Br. The van der Waals surface area contributed by atoms with Crippen molar-refractivity contribution in [3.05, 3.63) is 68.4 Å². The fourth-order valence-corrected chi connectivity index (χ4v) is 2.10. The topological polar surface area (TPSA) is 72.2 Å². The van der Waals surface area contributed by atoms with Gasteiger partial charge >= 0.3 is 0 Å². The van der Waals surface area contributed by atoms with Crippen molar-refractivity contribution >= 4 is 33.2 Å². The standard InChI is InChI=1S/C13H8BrFN2O3/c14-10-2-1-3-11(15)12(10)13(18)16-8-4-6-9(7-5-8)17(19)20/h1-7H,(H,16,18). The van der Waals surface area contributed by atoms with Gasteiger partial charge in [-0.25, -0.2) is 4.39 Å². The molecule has 0 fully saturated rings. The number of nitro benzene ring substituents is 1. The zero-order valence-electron chi connectivity index (χ0n) is 9.97. The molecular formula is C13H8BrFN2O3. The van der Waals surface area contributed by atoms with E-state index in [2.05, 4.69) is 21.2 Å². The van der Waals surface area contributed by atoms with Crippen LogP contribution in [0.1, 0.15) is 10.4 Å². The summed E-state index contributed by atoms with van der Waals surface area (Å²) in [4.78, 5) is 21.9. The number of carbonyl (C=O) groups is 1. The molecule has 102 valence electrons. The summed E-state index contributed by atoms with van der Waals surface area (Å²) in [5.74, 6) is -1.29. The smallest absolute Gasteiger partial charge is 0.269 e. The van der Waals surface area contributed by atoms with E-state index in [1.807, 2.05) is 0 Å². The van der Waals surface area contributed by atoms with E-state index in [9.17, 15) is 19.3 Å². The molecule has 20 heavy (non-hydrogen) atoms. The highest BCUT2D eigenvalue weighted by molar-refractivity contribution is 9.10. The van der Waals surface area contributed by atoms with Gasteiger partial charge in [-0.2, -0.15) is 0 Å². The van der Waals surface area contributed by atoms with Gasteiger partial charge in [-0.1, -0.05) is 6.07 Å². The van der Waals surface area contributed by atoms with Gasteiger partial charge in [0, 0.05) is 22.3 Å². The minimum atomic E-state index is -0.654. The lowest BCUT2D eigenvalue weighted by molar-refractivity contribution is -0.384. The Morgan fingerprint density at radius 2 is 1.85 bits per heavy atom. The molecule has 0 spiro atoms. The zero-order valence-corrected chi connectivity index (χ0v) is 11.6. The van der Waals surface area contributed by atoms with Crippen LogP contribution < -0.4 is 5.32 Å². The number of halogens is 2. The fourth-order valence-electron chi connectivity index (χ4n) is 1.57. The summed E-state index contributed by atoms with van der Waals surface area (Å²) in [6.45, 7) is 0. The summed E-state index contributed by atoms with van der Waals surface area (Å²) in [6, 6.07) is 9.47. The summed E-state index contributed by atoms with van der Waals surface area (Å²) < 4.78 is 13.9. The van der Waals surface area contributed by atoms with Crippen molar-refractivity contribution in [3.8, 4) is 0 Å². The van der Waals surface area contributed by atoms with Crippen LogP contribution in [0.5, 0.6) is 0 Å². The number of nitro groups is 1. The number of hydrogen-bond donors (Lipinski definition) is 1. The molecule has 0 aromatic heterocycles. The summed E-state index contributed by atoms with van der Waals surface area (Å²) >= 11 is 3.10. The van der Waals surface area contributed by atoms with Crippen LogP contribution >= 0.6 is 15.9 Å². The van der Waals surface area contributed by atoms with Crippen LogP contribution in [0.2, 0.25) is 0 Å². The molecule has 0 unspecified atom stereocenters. The van der Waals surface area contributed by atoms with Crippen LogP contribution in [0.25, 0.3) is 0 Å². The Bertz CT molecular complexity index is 654. The number of rotatable bonds is 3. The maximum Gasteiger partial charge on any atom is 0.269 e. The molecule has 0 saturated carbocycles. The first-order valence-corrected chi connectivity index (χ1v) is 6.28. The van der Waals surface area contributed by atoms with Gasteiger partial charge in [-0.05, 0) is 40.2 Å². The number of benzene rings is 2. The molecule has 2 aromatic rings. The summed E-state index contributed by atoms with van der Waals surface area (Å²) in [5.41, 5.74) is 0.136. The van der Waals surface area contributed by atoms with Crippen LogP contribution in [-0.2, 0) is 0 Å². The maximum absolute atomic E-state index is 13.6. The molecule has 1 amide bonds. The second-order valence-corrected chi connectivity index (χ2v) is 4.71. The lowest BCUT2D eigenvalue weighted by Gasteiger charge is -2.07. The third-order valence-corrected chi connectivity index (χ3v) is 3.19. The Labute approximate surface area is 121 Å². The normalized spacial score (nSPS) is 10.1. The number of amides is 1. The number of nitrogens with one attached hydrogen (secondary N) is 1. The van der Waals surface area contributed by atoms with E-state index in [0.29, 0.717) is 10.2 Å². The predicted molar refractivity (Wildman–Crippen MR) is 75.1 cm³/mol. The number of anilines is 1. The number of hydrogen-bond acceptors (Lipinski definition) is 3. The van der Waals surface area contributed by atoms with Crippen molar-refractivity contribution in [1.82, 2.24) is 0 Å². The number of carbonyl (C=O) groups excluding carboxylic acids is 1. The van der Waals surface area contributed by atoms with E-state index in [0.717, 1.165) is 0 Å². The van der Waals surface area contributed by atoms with Gasteiger partial charge in [0.25, 0.3) is 11.6 Å². The Balaban J connectivity index is 2.21. The first kappa shape index (κ1) is 14.1. The Hall–Kier alpha value is -2.28. The molecule has 5 nitrogen and oxygen atoms in total. The monoisotopic (exact) mass is 338 g/mol. The van der Waals surface area contributed by atoms with E-state index in [1.165, 1.54) is 36.4 Å². The molecule has 0 heterocycles. The molecule has 0 aliphatic rings. The lowest BCUT2D eigenvalue weighted by atomic mass is 10.2. The molecular weight excluding hydrogens is 331 g/mol. The molecule has 2 rings (SSSR count). The molecule has 2 aromatic carbocycles. The zero-order chi connectivity index (χ0) is 14.7. The van der Waals surface area contributed by atoms with Crippen LogP contribution in [0.3, 0.4) is 0 Å². The number of nitrogens with zero attached hydrogens (tertiary/aromatic N) is 1. The average molecular weight is 339 g/mol. The van der Waals surface area contributed by atoms with Crippen molar-refractivity contribution in [3.63, 3.8) is 0 Å². The van der Waals surface area contributed by atoms with Gasteiger partial charge in [0.1, 0.15) is 5.82 Å². The van der Waals surface area contributed by atoms with Gasteiger partial charge in [-0.3, -0.25) is 14.9 Å². The van der Waals surface area contributed by atoms with Gasteiger partial charge in [0.05, 0.1) is 10.5 Å². The molecule has 0 aliphatic carbocycles. The van der Waals surface area contributed by atoms with Gasteiger partial charge in [-0.15, -0.1) is 0 Å². The second kappa shape index (κ2) is 5.79. The average Bonchev–Trinajstić information content (AvgIpc) is 2.39. The second-order valence-electron chi connectivity index (χ2n) is 3.85. The summed E-state index contributed by atoms with van der Waals surface area (Å²) in [5, 5.41) is 13.0. The van der Waals surface area contributed by atoms with Crippen LogP contribution in [0.15, 0.2) is 46.9 Å². The Morgan fingerprint density at radius 1 is 1.20 bits per heavy atom. The molecule has 0 bridgehead atoms. The minimum absolute atomic E-state index is 0.0879. The van der Waals surface area contributed by atoms with Gasteiger partial charge < -0.3 is 5.32 Å². The Kier molecular flexibility index (Phi) is 4.09. The van der Waals surface area contributed by atoms with Gasteiger partial charge in [0.2, 0.25) is 0 Å². The van der Waals surface area contributed by atoms with Crippen molar-refractivity contribution in [2.45, 2.75) is 0 Å². The highest BCUT2D eigenvalue weighted by atomic mass is 79.9. The highest BCUT2D eigenvalue weighted by Gasteiger charge is 2.15. The summed E-state index contributed by atoms with van der Waals surface area (Å²) in [7, 11) is 0. The van der Waals surface area contributed by atoms with E-state index in [-0.39, 0.29) is 11.3 Å². The Morgan fingerprint density at radius 3 is 2.40 bits per heavy atom. The largest absolute Gasteiger partial charge is 0.322 e. The predicted octanol–water partition coefficient (Wildman–Crippen LogP) is 3.75. The van der Waals surface area contributed by atoms with Crippen LogP contribution in [0, 0.1) is 15.9 Å². The first-order chi connectivity index (χ1) is 9.49. The van der Waals surface area contributed by atoms with E-state index >= 15 is 0 Å². The highest BCUT2D eigenvalue weighted by Crippen LogP contribution is 2.22. The fraction of sp³-hybridized carbons (Fsp3) is 0.